The van der Waals surface area contributed by atoms with Gasteiger partial charge in [-0.25, -0.2) is 30.6 Å². The molecule has 1 N–H and O–H groups in total. The summed E-state index contributed by atoms with van der Waals surface area (Å²) in [6, 6.07) is 22.4. The largest absolute Gasteiger partial charge is 0.301 e. The molecule has 1 heterocycles. The van der Waals surface area contributed by atoms with Gasteiger partial charge in [0.2, 0.25) is 5.52 Å². The first-order valence-corrected chi connectivity index (χ1v) is 18.1. The molecule has 7 nitrogen and oxygen atoms in total. The van der Waals surface area contributed by atoms with Crippen LogP contribution in [0.1, 0.15) is 48.3 Å². The molecule has 4 aromatic carbocycles. The highest BCUT2D eigenvalue weighted by molar-refractivity contribution is 7.91. The van der Waals surface area contributed by atoms with Crippen LogP contribution in [0.2, 0.25) is 0 Å². The molecule has 0 aliphatic rings. The minimum atomic E-state index is -3.53. The van der Waals surface area contributed by atoms with E-state index < -0.39 is 48.0 Å². The van der Waals surface area contributed by atoms with Gasteiger partial charge in [-0.15, -0.1) is 0 Å². The molecule has 11 heteroatoms. The summed E-state index contributed by atoms with van der Waals surface area (Å²) in [5.41, 5.74) is 3.44. The van der Waals surface area contributed by atoms with E-state index in [0.29, 0.717) is 22.9 Å². The van der Waals surface area contributed by atoms with E-state index in [9.17, 15) is 30.4 Å². The lowest BCUT2D eigenvalue weighted by Gasteiger charge is -2.30. The van der Waals surface area contributed by atoms with Gasteiger partial charge in [0, 0.05) is 35.7 Å². The molecule has 1 amide bonds. The van der Waals surface area contributed by atoms with Gasteiger partial charge in [-0.05, 0) is 98.1 Å². The monoisotopic (exact) mass is 663 g/mol. The van der Waals surface area contributed by atoms with Gasteiger partial charge >= 0.3 is 0 Å². The Balaban J connectivity index is 1.66. The predicted molar refractivity (Wildman–Crippen MR) is 175 cm³/mol. The summed E-state index contributed by atoms with van der Waals surface area (Å²) in [5.74, 6) is -2.61. The van der Waals surface area contributed by atoms with Gasteiger partial charge in [0.1, 0.15) is 11.6 Å². The molecule has 0 saturated heterocycles. The number of benzene rings is 4. The standard InChI is InChI=1S/C35H32F2N2O5S2/c1-22(39(28-12-14-29(15-13-28)45(4,41)42)34(40)30-16-11-27(36)21-32(30)37)23-8-6-9-24(18-23)31-20-26(35(2,3)46(5,43)44)19-25-10-7-17-38-33(25)31/h6-22H,1-5H3/p+1. The van der Waals surface area contributed by atoms with Gasteiger partial charge in [0.05, 0.1) is 26.8 Å². The summed E-state index contributed by atoms with van der Waals surface area (Å²) in [6.07, 6.45) is 4.05. The second-order valence-corrected chi connectivity index (χ2v) is 16.4. The van der Waals surface area contributed by atoms with E-state index in [1.54, 1.807) is 39.1 Å². The van der Waals surface area contributed by atoms with Crippen molar-refractivity contribution >= 4 is 42.2 Å². The number of amides is 1. The topological polar surface area (TPSA) is 103 Å². The fourth-order valence-corrected chi connectivity index (χ4v) is 6.48. The van der Waals surface area contributed by atoms with Crippen molar-refractivity contribution < 1.29 is 35.4 Å². The molecule has 238 valence electrons. The molecule has 0 spiro atoms. The molecule has 0 bridgehead atoms. The molecule has 0 fully saturated rings. The molecular formula is C35H33F2N2O5S2+. The van der Waals surface area contributed by atoms with Crippen molar-refractivity contribution in [3.63, 3.8) is 0 Å². The van der Waals surface area contributed by atoms with Gasteiger partial charge in [-0.3, -0.25) is 4.79 Å². The van der Waals surface area contributed by atoms with Gasteiger partial charge in [-0.2, -0.15) is 0 Å². The van der Waals surface area contributed by atoms with Crippen molar-refractivity contribution in [2.24, 2.45) is 0 Å². The number of carbonyl (C=O) groups is 1. The number of hydrogen-bond donors (Lipinski definition) is 0. The predicted octanol–water partition coefficient (Wildman–Crippen LogP) is 6.69. The number of halogens is 2. The minimum absolute atomic E-state index is 0.0475. The highest BCUT2D eigenvalue weighted by Crippen LogP contribution is 2.37. The number of aromatic nitrogens is 1. The number of H-pyrrole nitrogens is 1. The first-order chi connectivity index (χ1) is 21.5. The Morgan fingerprint density at radius 2 is 1.54 bits per heavy atom. The molecule has 5 aromatic rings. The molecule has 1 unspecified atom stereocenters. The van der Waals surface area contributed by atoms with E-state index in [-0.39, 0.29) is 10.5 Å². The second-order valence-electron chi connectivity index (χ2n) is 11.8. The third-order valence-electron chi connectivity index (χ3n) is 8.38. The number of hydrogen-bond acceptors (Lipinski definition) is 5. The summed E-state index contributed by atoms with van der Waals surface area (Å²) in [5, 5.41) is 0.805. The maximum atomic E-state index is 14.9. The lowest BCUT2D eigenvalue weighted by molar-refractivity contribution is -0.344. The van der Waals surface area contributed by atoms with E-state index >= 15 is 0 Å². The summed E-state index contributed by atoms with van der Waals surface area (Å²) in [4.78, 5) is 18.6. The lowest BCUT2D eigenvalue weighted by atomic mass is 9.92. The number of nitrogens with zero attached hydrogens (tertiary/aromatic N) is 1. The third-order valence-corrected chi connectivity index (χ3v) is 11.6. The van der Waals surface area contributed by atoms with Gasteiger partial charge in [0.15, 0.2) is 25.9 Å². The number of anilines is 1. The summed E-state index contributed by atoms with van der Waals surface area (Å²) in [7, 11) is -7.01. The van der Waals surface area contributed by atoms with Crippen LogP contribution in [0.5, 0.6) is 0 Å². The van der Waals surface area contributed by atoms with Crippen LogP contribution in [0.4, 0.5) is 14.5 Å². The Bertz CT molecular complexity index is 2200. The SMILES string of the molecule is CC(c1cccc(-c2cc(C(C)(C)S(C)(=O)=O)cc3ccc[nH+]c23)c1)N(C(=O)c1ccc(F)cc1F)c1ccc(S(C)(=O)=O)cc1. The molecule has 5 rings (SSSR count). The number of sulfone groups is 2. The zero-order chi connectivity index (χ0) is 33.6. The number of pyridine rings is 1. The van der Waals surface area contributed by atoms with Crippen molar-refractivity contribution in [2.75, 3.05) is 17.4 Å². The van der Waals surface area contributed by atoms with Crippen LogP contribution in [0.3, 0.4) is 0 Å². The number of carbonyl (C=O) groups excluding carboxylic acids is 1. The fraction of sp³-hybridized carbons (Fsp3) is 0.200. The molecule has 0 saturated carbocycles. The van der Waals surface area contributed by atoms with Crippen LogP contribution in [0, 0.1) is 11.6 Å². The molecule has 46 heavy (non-hydrogen) atoms. The molecule has 0 aliphatic heterocycles. The van der Waals surface area contributed by atoms with Crippen molar-refractivity contribution in [3.05, 3.63) is 126 Å². The summed E-state index contributed by atoms with van der Waals surface area (Å²) < 4.78 is 77.2. The average molecular weight is 664 g/mol. The number of nitrogens with one attached hydrogen (secondary N) is 1. The number of rotatable bonds is 8. The van der Waals surface area contributed by atoms with E-state index in [0.717, 1.165) is 40.4 Å². The maximum absolute atomic E-state index is 14.9. The van der Waals surface area contributed by atoms with Crippen LogP contribution < -0.4 is 9.88 Å². The van der Waals surface area contributed by atoms with Gasteiger partial charge in [0.25, 0.3) is 5.91 Å². The zero-order valence-electron chi connectivity index (χ0n) is 25.9. The highest BCUT2D eigenvalue weighted by atomic mass is 32.2. The Morgan fingerprint density at radius 1 is 0.848 bits per heavy atom. The highest BCUT2D eigenvalue weighted by Gasteiger charge is 2.34. The number of fused-ring (bicyclic) bond motifs is 1. The normalized spacial score (nSPS) is 13.0. The molecule has 0 aliphatic carbocycles. The van der Waals surface area contributed by atoms with Crippen molar-refractivity contribution in [2.45, 2.75) is 36.5 Å². The number of aromatic amines is 1. The summed E-state index contributed by atoms with van der Waals surface area (Å²) >= 11 is 0. The Labute approximate surface area is 267 Å². The summed E-state index contributed by atoms with van der Waals surface area (Å²) in [6.45, 7) is 5.06. The Hall–Kier alpha value is -4.48. The zero-order valence-corrected chi connectivity index (χ0v) is 27.5. The van der Waals surface area contributed by atoms with E-state index in [1.165, 1.54) is 35.4 Å². The first-order valence-electron chi connectivity index (χ1n) is 14.3. The van der Waals surface area contributed by atoms with Crippen molar-refractivity contribution in [3.8, 4) is 11.1 Å². The van der Waals surface area contributed by atoms with Crippen molar-refractivity contribution in [1.29, 1.82) is 0 Å². The van der Waals surface area contributed by atoms with E-state index in [2.05, 4.69) is 4.98 Å². The fourth-order valence-electron chi connectivity index (χ4n) is 5.31. The maximum Gasteiger partial charge on any atom is 0.261 e. The van der Waals surface area contributed by atoms with Gasteiger partial charge < -0.3 is 4.90 Å². The minimum Gasteiger partial charge on any atom is -0.301 e. The Morgan fingerprint density at radius 3 is 2.17 bits per heavy atom. The third kappa shape index (κ3) is 6.29. The van der Waals surface area contributed by atoms with Crippen molar-refractivity contribution in [1.82, 2.24) is 0 Å². The van der Waals surface area contributed by atoms with E-state index in [4.69, 9.17) is 0 Å². The Kier molecular flexibility index (Phi) is 8.61. The van der Waals surface area contributed by atoms with Gasteiger partial charge in [-0.1, -0.05) is 18.2 Å². The smallest absolute Gasteiger partial charge is 0.261 e. The quantitative estimate of drug-likeness (QED) is 0.184. The molecule has 0 radical (unpaired) electrons. The van der Waals surface area contributed by atoms with E-state index in [1.807, 2.05) is 36.4 Å². The molecule has 1 atom stereocenters. The van der Waals surface area contributed by atoms with Crippen LogP contribution >= 0.6 is 0 Å². The molecule has 1 aromatic heterocycles. The van der Waals surface area contributed by atoms with Crippen LogP contribution in [0.15, 0.2) is 102 Å². The lowest BCUT2D eigenvalue weighted by Crippen LogP contribution is -2.34. The van der Waals surface area contributed by atoms with Crippen LogP contribution in [-0.2, 0) is 24.4 Å². The van der Waals surface area contributed by atoms with Crippen LogP contribution in [0.25, 0.3) is 22.0 Å². The van der Waals surface area contributed by atoms with Crippen LogP contribution in [-0.4, -0.2) is 35.3 Å². The second kappa shape index (κ2) is 12.0. The molecular weight excluding hydrogens is 631 g/mol. The first kappa shape index (κ1) is 32.9. The average Bonchev–Trinajstić information content (AvgIpc) is 2.99.